The maximum atomic E-state index is 12.0. The number of benzene rings is 1. The quantitative estimate of drug-likeness (QED) is 0.469. The molecule has 2 aliphatic heterocycles. The molecule has 0 unspecified atom stereocenters. The summed E-state index contributed by atoms with van der Waals surface area (Å²) in [6.45, 7) is 8.35. The number of methoxy groups -OCH3 is 1. The number of phenols is 1. The van der Waals surface area contributed by atoms with Crippen LogP contribution in [0.3, 0.4) is 0 Å². The third kappa shape index (κ3) is 5.57. The van der Waals surface area contributed by atoms with Gasteiger partial charge in [0.25, 0.3) is 0 Å². The molecule has 31 heavy (non-hydrogen) atoms. The van der Waals surface area contributed by atoms with E-state index in [1.165, 1.54) is 7.11 Å². The summed E-state index contributed by atoms with van der Waals surface area (Å²) in [5, 5.41) is 10.5. The molecule has 1 N–H and O–H groups in total. The molecule has 1 aromatic rings. The number of carbonyl (C=O) groups excluding carboxylic acids is 2. The third-order valence-corrected chi connectivity index (χ3v) is 5.84. The smallest absolute Gasteiger partial charge is 0.342 e. The molecule has 1 saturated heterocycles. The van der Waals surface area contributed by atoms with Gasteiger partial charge in [-0.2, -0.15) is 0 Å². The molecular formula is C23H31NO7. The van der Waals surface area contributed by atoms with E-state index in [4.69, 9.17) is 18.9 Å². The molecule has 1 aromatic carbocycles. The maximum Gasteiger partial charge on any atom is 0.342 e. The van der Waals surface area contributed by atoms with Crippen LogP contribution in [0.25, 0.3) is 0 Å². The van der Waals surface area contributed by atoms with Crippen molar-refractivity contribution in [2.45, 2.75) is 39.7 Å². The second-order valence-corrected chi connectivity index (χ2v) is 7.84. The highest BCUT2D eigenvalue weighted by molar-refractivity contribution is 5.98. The Morgan fingerprint density at radius 1 is 1.26 bits per heavy atom. The van der Waals surface area contributed by atoms with Crippen LogP contribution in [0.15, 0.2) is 11.6 Å². The van der Waals surface area contributed by atoms with Crippen LogP contribution in [0, 0.1) is 6.92 Å². The number of phenolic OH excluding ortho intramolecular Hbond substituents is 1. The number of hydrogen-bond acceptors (Lipinski definition) is 8. The van der Waals surface area contributed by atoms with Gasteiger partial charge in [-0.3, -0.25) is 9.69 Å². The average Bonchev–Trinajstić information content (AvgIpc) is 3.16. The van der Waals surface area contributed by atoms with E-state index in [1.807, 2.05) is 19.9 Å². The normalized spacial score (nSPS) is 16.7. The van der Waals surface area contributed by atoms with Gasteiger partial charge in [0, 0.05) is 37.2 Å². The van der Waals surface area contributed by atoms with Crippen LogP contribution in [0.1, 0.15) is 46.8 Å². The molecule has 0 spiro atoms. The van der Waals surface area contributed by atoms with Crippen molar-refractivity contribution in [1.82, 2.24) is 4.90 Å². The molecule has 0 radical (unpaired) electrons. The van der Waals surface area contributed by atoms with Crippen LogP contribution >= 0.6 is 0 Å². The summed E-state index contributed by atoms with van der Waals surface area (Å²) in [7, 11) is 1.47. The van der Waals surface area contributed by atoms with Crippen LogP contribution in [-0.2, 0) is 32.0 Å². The number of hydrogen-bond donors (Lipinski definition) is 1. The van der Waals surface area contributed by atoms with Crippen LogP contribution in [0.5, 0.6) is 11.5 Å². The zero-order valence-corrected chi connectivity index (χ0v) is 18.5. The fraction of sp³-hybridized carbons (Fsp3) is 0.565. The van der Waals surface area contributed by atoms with Crippen molar-refractivity contribution < 1.29 is 33.6 Å². The largest absolute Gasteiger partial charge is 0.504 e. The number of nitrogens with zero attached hydrogens (tertiary/aromatic N) is 1. The van der Waals surface area contributed by atoms with Gasteiger partial charge in [-0.15, -0.1) is 0 Å². The molecule has 8 nitrogen and oxygen atoms in total. The van der Waals surface area contributed by atoms with Gasteiger partial charge in [-0.25, -0.2) is 4.79 Å². The molecule has 0 amide bonds. The van der Waals surface area contributed by atoms with Crippen LogP contribution in [0.4, 0.5) is 0 Å². The monoisotopic (exact) mass is 433 g/mol. The molecule has 3 rings (SSSR count). The average molecular weight is 434 g/mol. The minimum Gasteiger partial charge on any atom is -0.504 e. The van der Waals surface area contributed by atoms with Gasteiger partial charge in [0.2, 0.25) is 0 Å². The number of morpholine rings is 1. The van der Waals surface area contributed by atoms with Gasteiger partial charge in [0.15, 0.2) is 11.5 Å². The van der Waals surface area contributed by atoms with E-state index in [1.54, 1.807) is 0 Å². The molecular weight excluding hydrogens is 402 g/mol. The van der Waals surface area contributed by atoms with E-state index in [9.17, 15) is 14.7 Å². The number of allylic oxidation sites excluding steroid dienone is 2. The van der Waals surface area contributed by atoms with E-state index in [0.717, 1.165) is 49.5 Å². The van der Waals surface area contributed by atoms with Crippen molar-refractivity contribution in [3.05, 3.63) is 33.9 Å². The third-order valence-electron chi connectivity index (χ3n) is 5.84. The fourth-order valence-corrected chi connectivity index (χ4v) is 3.88. The number of carbonyl (C=O) groups is 2. The summed E-state index contributed by atoms with van der Waals surface area (Å²) in [5.41, 5.74) is 3.62. The number of rotatable bonds is 9. The summed E-state index contributed by atoms with van der Waals surface area (Å²) in [6.07, 6.45) is 3.44. The molecule has 0 aliphatic carbocycles. The highest BCUT2D eigenvalue weighted by atomic mass is 16.5. The first-order chi connectivity index (χ1) is 14.9. The van der Waals surface area contributed by atoms with Gasteiger partial charge in [-0.05, 0) is 32.3 Å². The lowest BCUT2D eigenvalue weighted by Gasteiger charge is -2.26. The maximum absolute atomic E-state index is 12.0. The Labute approximate surface area is 182 Å². The van der Waals surface area contributed by atoms with Gasteiger partial charge in [0.05, 0.1) is 20.3 Å². The number of cyclic esters (lactones) is 1. The lowest BCUT2D eigenvalue weighted by atomic mass is 9.93. The lowest BCUT2D eigenvalue weighted by Crippen LogP contribution is -2.38. The Kier molecular flexibility index (Phi) is 7.92. The minimum atomic E-state index is -0.528. The van der Waals surface area contributed by atoms with Crippen molar-refractivity contribution >= 4 is 11.9 Å². The molecule has 8 heteroatoms. The van der Waals surface area contributed by atoms with Crippen molar-refractivity contribution in [1.29, 1.82) is 0 Å². The summed E-state index contributed by atoms with van der Waals surface area (Å²) >= 11 is 0. The summed E-state index contributed by atoms with van der Waals surface area (Å²) < 4.78 is 21.1. The van der Waals surface area contributed by atoms with E-state index in [-0.39, 0.29) is 23.9 Å². The highest BCUT2D eigenvalue weighted by Crippen LogP contribution is 2.42. The Bertz CT molecular complexity index is 856. The van der Waals surface area contributed by atoms with Crippen molar-refractivity contribution in [3.8, 4) is 11.5 Å². The van der Waals surface area contributed by atoms with Crippen LogP contribution in [0.2, 0.25) is 0 Å². The molecule has 2 heterocycles. The second-order valence-electron chi connectivity index (χ2n) is 7.84. The zero-order chi connectivity index (χ0) is 22.4. The Balaban J connectivity index is 1.53. The number of aromatic hydroxyl groups is 1. The fourth-order valence-electron chi connectivity index (χ4n) is 3.88. The first kappa shape index (κ1) is 23.1. The Morgan fingerprint density at radius 2 is 2.00 bits per heavy atom. The van der Waals surface area contributed by atoms with Crippen LogP contribution < -0.4 is 4.74 Å². The molecule has 0 aromatic heterocycles. The molecule has 170 valence electrons. The van der Waals surface area contributed by atoms with Crippen molar-refractivity contribution in [2.24, 2.45) is 0 Å². The Hall–Kier alpha value is -2.58. The summed E-state index contributed by atoms with van der Waals surface area (Å²) in [4.78, 5) is 26.2. The standard InChI is InChI=1S/C23H31NO7/c1-15(5-7-19(25)30-13-10-24-8-11-29-12-9-24)4-6-17-16(2)18-14-31-23(27)20(18)21(26)22(17)28-3/h4,26H,5-14H2,1-3H3/b15-4+. The second kappa shape index (κ2) is 10.6. The van der Waals surface area contributed by atoms with E-state index in [0.29, 0.717) is 37.2 Å². The topological polar surface area (TPSA) is 94.5 Å². The zero-order valence-electron chi connectivity index (χ0n) is 18.5. The first-order valence-electron chi connectivity index (χ1n) is 10.6. The molecule has 0 bridgehead atoms. The number of ether oxygens (including phenoxy) is 4. The molecule has 2 aliphatic rings. The minimum absolute atomic E-state index is 0.156. The summed E-state index contributed by atoms with van der Waals surface area (Å²) in [6, 6.07) is 0. The predicted octanol–water partition coefficient (Wildman–Crippen LogP) is 2.52. The van der Waals surface area contributed by atoms with E-state index >= 15 is 0 Å². The van der Waals surface area contributed by atoms with Crippen molar-refractivity contribution in [3.63, 3.8) is 0 Å². The van der Waals surface area contributed by atoms with Gasteiger partial charge >= 0.3 is 11.9 Å². The molecule has 1 fully saturated rings. The number of esters is 2. The number of fused-ring (bicyclic) bond motifs is 1. The van der Waals surface area contributed by atoms with Crippen molar-refractivity contribution in [2.75, 3.05) is 46.6 Å². The lowest BCUT2D eigenvalue weighted by molar-refractivity contribution is -0.144. The molecule has 0 atom stereocenters. The summed E-state index contributed by atoms with van der Waals surface area (Å²) in [5.74, 6) is -0.614. The SMILES string of the molecule is COc1c(O)c2c(c(C)c1C/C=C(\C)CCC(=O)OCCN1CCOCC1)COC2=O. The first-order valence-corrected chi connectivity index (χ1v) is 10.6. The van der Waals surface area contributed by atoms with Gasteiger partial charge < -0.3 is 24.1 Å². The molecule has 0 saturated carbocycles. The predicted molar refractivity (Wildman–Crippen MR) is 113 cm³/mol. The van der Waals surface area contributed by atoms with Gasteiger partial charge in [0.1, 0.15) is 18.8 Å². The van der Waals surface area contributed by atoms with E-state index < -0.39 is 5.97 Å². The van der Waals surface area contributed by atoms with Crippen LogP contribution in [-0.4, -0.2) is 68.5 Å². The van der Waals surface area contributed by atoms with Gasteiger partial charge in [-0.1, -0.05) is 11.6 Å². The van der Waals surface area contributed by atoms with E-state index in [2.05, 4.69) is 4.90 Å². The Morgan fingerprint density at radius 3 is 2.71 bits per heavy atom. The highest BCUT2D eigenvalue weighted by Gasteiger charge is 2.31.